The van der Waals surface area contributed by atoms with Crippen LogP contribution in [0.1, 0.15) is 41.5 Å². The highest BCUT2D eigenvalue weighted by Gasteiger charge is 2.15. The summed E-state index contributed by atoms with van der Waals surface area (Å²) in [5, 5.41) is 7.42. The van der Waals surface area contributed by atoms with E-state index in [9.17, 15) is 4.79 Å². The van der Waals surface area contributed by atoms with Crippen molar-refractivity contribution in [3.8, 4) is 0 Å². The van der Waals surface area contributed by atoms with Crippen molar-refractivity contribution in [1.82, 2.24) is 10.9 Å². The monoisotopic (exact) mass is 234 g/mol. The fourth-order valence-electron chi connectivity index (χ4n) is 0.507. The third-order valence-electron chi connectivity index (χ3n) is 0.862. The van der Waals surface area contributed by atoms with E-state index in [1.165, 1.54) is 0 Å². The van der Waals surface area contributed by atoms with Gasteiger partial charge in [-0.1, -0.05) is 0 Å². The van der Waals surface area contributed by atoms with Crippen LogP contribution in [-0.2, 0) is 9.53 Å². The molecule has 6 nitrogen and oxygen atoms in total. The quantitative estimate of drug-likeness (QED) is 0.630. The molecule has 0 fully saturated rings. The van der Waals surface area contributed by atoms with Crippen molar-refractivity contribution >= 4 is 12.1 Å². The van der Waals surface area contributed by atoms with Gasteiger partial charge in [0.2, 0.25) is 0 Å². The summed E-state index contributed by atoms with van der Waals surface area (Å²) in [4.78, 5) is 20.0. The minimum absolute atomic E-state index is 0.206. The van der Waals surface area contributed by atoms with Crippen LogP contribution < -0.4 is 10.9 Å². The van der Waals surface area contributed by atoms with E-state index in [0.29, 0.717) is 0 Å². The molecule has 0 unspecified atom stereocenters. The molecule has 0 aliphatic rings. The second kappa shape index (κ2) is 7.92. The Hall–Kier alpha value is -1.30. The van der Waals surface area contributed by atoms with Crippen molar-refractivity contribution in [1.29, 1.82) is 0 Å². The van der Waals surface area contributed by atoms with Gasteiger partial charge in [0, 0.05) is 13.0 Å². The van der Waals surface area contributed by atoms with Crippen molar-refractivity contribution in [2.45, 2.75) is 53.2 Å². The van der Waals surface area contributed by atoms with Crippen LogP contribution >= 0.6 is 0 Å². The van der Waals surface area contributed by atoms with Crippen LogP contribution in [0.2, 0.25) is 0 Å². The number of amides is 1. The highest BCUT2D eigenvalue weighted by molar-refractivity contribution is 5.67. The molecule has 0 saturated heterocycles. The number of aliphatic carboxylic acids is 1. The number of rotatable bonds is 2. The molecule has 0 aromatic carbocycles. The molecular formula is C10H22N2O4. The molecular weight excluding hydrogens is 212 g/mol. The largest absolute Gasteiger partial charge is 0.481 e. The maximum absolute atomic E-state index is 11.0. The van der Waals surface area contributed by atoms with Crippen molar-refractivity contribution < 1.29 is 19.4 Å². The minimum atomic E-state index is -0.833. The van der Waals surface area contributed by atoms with Crippen LogP contribution in [0.15, 0.2) is 0 Å². The van der Waals surface area contributed by atoms with Gasteiger partial charge in [0.15, 0.2) is 0 Å². The SMILES string of the molecule is CC(=O)O.CC(C)NNC(=O)OC(C)(C)C. The fourth-order valence-corrected chi connectivity index (χ4v) is 0.507. The average Bonchev–Trinajstić information content (AvgIpc) is 1.96. The molecule has 0 rings (SSSR count). The first-order valence-corrected chi connectivity index (χ1v) is 4.98. The van der Waals surface area contributed by atoms with Gasteiger partial charge in [0.05, 0.1) is 0 Å². The predicted molar refractivity (Wildman–Crippen MR) is 61.0 cm³/mol. The van der Waals surface area contributed by atoms with Crippen LogP contribution in [0.25, 0.3) is 0 Å². The number of carboxylic acids is 1. The normalized spacial score (nSPS) is 10.2. The summed E-state index contributed by atoms with van der Waals surface area (Å²) in [5.74, 6) is -0.833. The third kappa shape index (κ3) is 23.0. The summed E-state index contributed by atoms with van der Waals surface area (Å²) in [7, 11) is 0. The van der Waals surface area contributed by atoms with E-state index in [0.717, 1.165) is 6.92 Å². The topological polar surface area (TPSA) is 87.7 Å². The van der Waals surface area contributed by atoms with Crippen LogP contribution in [0.5, 0.6) is 0 Å². The summed E-state index contributed by atoms with van der Waals surface area (Å²) in [6.07, 6.45) is -0.448. The molecule has 0 spiro atoms. The molecule has 1 amide bonds. The van der Waals surface area contributed by atoms with Gasteiger partial charge in [-0.2, -0.15) is 0 Å². The van der Waals surface area contributed by atoms with Crippen LogP contribution in [0.4, 0.5) is 4.79 Å². The Bertz CT molecular complexity index is 217. The number of hydrogen-bond acceptors (Lipinski definition) is 4. The van der Waals surface area contributed by atoms with Crippen molar-refractivity contribution in [2.24, 2.45) is 0 Å². The molecule has 6 heteroatoms. The molecule has 0 aromatic rings. The van der Waals surface area contributed by atoms with E-state index in [1.54, 1.807) is 0 Å². The van der Waals surface area contributed by atoms with E-state index in [2.05, 4.69) is 10.9 Å². The molecule has 0 atom stereocenters. The lowest BCUT2D eigenvalue weighted by molar-refractivity contribution is -0.134. The lowest BCUT2D eigenvalue weighted by Gasteiger charge is -2.20. The van der Waals surface area contributed by atoms with Gasteiger partial charge in [-0.15, -0.1) is 0 Å². The van der Waals surface area contributed by atoms with Crippen LogP contribution in [0.3, 0.4) is 0 Å². The van der Waals surface area contributed by atoms with E-state index in [4.69, 9.17) is 14.6 Å². The lowest BCUT2D eigenvalue weighted by atomic mass is 10.2. The smallest absolute Gasteiger partial charge is 0.422 e. The average molecular weight is 234 g/mol. The summed E-state index contributed by atoms with van der Waals surface area (Å²) in [6.45, 7) is 10.4. The Morgan fingerprint density at radius 2 is 1.62 bits per heavy atom. The summed E-state index contributed by atoms with van der Waals surface area (Å²) < 4.78 is 4.98. The Balaban J connectivity index is 0. The second-order valence-electron chi connectivity index (χ2n) is 4.44. The lowest BCUT2D eigenvalue weighted by Crippen LogP contribution is -2.44. The molecule has 0 aromatic heterocycles. The number of carbonyl (C=O) groups is 2. The zero-order valence-electron chi connectivity index (χ0n) is 10.7. The van der Waals surface area contributed by atoms with Gasteiger partial charge in [-0.05, 0) is 34.6 Å². The molecule has 0 aliphatic carbocycles. The Morgan fingerprint density at radius 3 is 1.88 bits per heavy atom. The van der Waals surface area contributed by atoms with Crippen LogP contribution in [-0.4, -0.2) is 28.8 Å². The first-order valence-electron chi connectivity index (χ1n) is 4.98. The predicted octanol–water partition coefficient (Wildman–Crippen LogP) is 1.51. The maximum Gasteiger partial charge on any atom is 0.422 e. The molecule has 0 heterocycles. The molecule has 0 saturated carbocycles. The van der Waals surface area contributed by atoms with Gasteiger partial charge >= 0.3 is 6.09 Å². The highest BCUT2D eigenvalue weighted by Crippen LogP contribution is 2.05. The number of nitrogens with one attached hydrogen (secondary N) is 2. The molecule has 0 aliphatic heterocycles. The number of hydrogen-bond donors (Lipinski definition) is 3. The van der Waals surface area contributed by atoms with Gasteiger partial charge in [-0.25, -0.2) is 10.2 Å². The van der Waals surface area contributed by atoms with E-state index in [1.807, 2.05) is 34.6 Å². The third-order valence-corrected chi connectivity index (χ3v) is 0.862. The first kappa shape index (κ1) is 17.1. The van der Waals surface area contributed by atoms with Gasteiger partial charge < -0.3 is 9.84 Å². The Labute approximate surface area is 96.3 Å². The number of carboxylic acid groups (broad SMARTS) is 1. The molecule has 16 heavy (non-hydrogen) atoms. The summed E-state index contributed by atoms with van der Waals surface area (Å²) in [6, 6.07) is 0.206. The van der Waals surface area contributed by atoms with E-state index < -0.39 is 17.7 Å². The molecule has 96 valence electrons. The zero-order chi connectivity index (χ0) is 13.4. The Morgan fingerprint density at radius 1 is 1.25 bits per heavy atom. The van der Waals surface area contributed by atoms with Crippen LogP contribution in [0, 0.1) is 0 Å². The highest BCUT2D eigenvalue weighted by atomic mass is 16.6. The Kier molecular flexibility index (Phi) is 8.47. The maximum atomic E-state index is 11.0. The van der Waals surface area contributed by atoms with Crippen molar-refractivity contribution in [3.63, 3.8) is 0 Å². The fraction of sp³-hybridized carbons (Fsp3) is 0.800. The van der Waals surface area contributed by atoms with Gasteiger partial charge in [0.25, 0.3) is 5.97 Å². The van der Waals surface area contributed by atoms with Gasteiger partial charge in [-0.3, -0.25) is 10.2 Å². The number of hydrazine groups is 1. The van der Waals surface area contributed by atoms with E-state index in [-0.39, 0.29) is 6.04 Å². The first-order chi connectivity index (χ1) is 7.04. The standard InChI is InChI=1S/C8H18N2O2.C2H4O2/c1-6(2)9-10-7(11)12-8(3,4)5;1-2(3)4/h6,9H,1-5H3,(H,10,11);1H3,(H,3,4). The summed E-state index contributed by atoms with van der Waals surface area (Å²) in [5.41, 5.74) is 4.73. The van der Waals surface area contributed by atoms with Crippen molar-refractivity contribution in [2.75, 3.05) is 0 Å². The number of carbonyl (C=O) groups excluding carboxylic acids is 1. The number of ether oxygens (including phenoxy) is 1. The zero-order valence-corrected chi connectivity index (χ0v) is 10.7. The van der Waals surface area contributed by atoms with Crippen molar-refractivity contribution in [3.05, 3.63) is 0 Å². The molecule has 3 N–H and O–H groups in total. The second-order valence-corrected chi connectivity index (χ2v) is 4.44. The molecule has 0 radical (unpaired) electrons. The van der Waals surface area contributed by atoms with E-state index >= 15 is 0 Å². The molecule has 0 bridgehead atoms. The van der Waals surface area contributed by atoms with Gasteiger partial charge in [0.1, 0.15) is 5.60 Å². The summed E-state index contributed by atoms with van der Waals surface area (Å²) >= 11 is 0. The minimum Gasteiger partial charge on any atom is -0.481 e.